The molecule has 0 aliphatic carbocycles. The Bertz CT molecular complexity index is 626. The normalized spacial score (nSPS) is 14.2. The number of anilines is 1. The molecule has 0 spiro atoms. The van der Waals surface area contributed by atoms with E-state index >= 15 is 0 Å². The lowest BCUT2D eigenvalue weighted by Gasteiger charge is -2.13. The molecule has 0 bridgehead atoms. The smallest absolute Gasteiger partial charge is 0.0404 e. The van der Waals surface area contributed by atoms with Crippen LogP contribution in [0, 0.1) is 13.8 Å². The van der Waals surface area contributed by atoms with Crippen LogP contribution in [0.2, 0.25) is 0 Å². The molecule has 2 aromatic rings. The van der Waals surface area contributed by atoms with Crippen LogP contribution >= 0.6 is 0 Å². The fourth-order valence-corrected chi connectivity index (χ4v) is 3.22. The first-order valence-electron chi connectivity index (χ1n) is 7.80. The molecule has 2 heteroatoms. The summed E-state index contributed by atoms with van der Waals surface area (Å²) >= 11 is 0. The van der Waals surface area contributed by atoms with E-state index in [0.717, 1.165) is 26.2 Å². The van der Waals surface area contributed by atoms with E-state index in [4.69, 9.17) is 0 Å². The zero-order valence-corrected chi connectivity index (χ0v) is 13.2. The summed E-state index contributed by atoms with van der Waals surface area (Å²) in [6.45, 7) is 10.8. The lowest BCUT2D eigenvalue weighted by Crippen LogP contribution is -2.15. The van der Waals surface area contributed by atoms with Crippen molar-refractivity contribution in [2.75, 3.05) is 11.9 Å². The second-order valence-corrected chi connectivity index (χ2v) is 6.09. The number of hydrogen-bond acceptors (Lipinski definition) is 2. The molecule has 0 saturated heterocycles. The Hall–Kier alpha value is -1.80. The van der Waals surface area contributed by atoms with Crippen molar-refractivity contribution >= 4 is 5.69 Å². The number of nitrogens with zero attached hydrogens (tertiary/aromatic N) is 1. The molecular formula is C19H24N2. The van der Waals surface area contributed by atoms with Crippen molar-refractivity contribution in [3.8, 4) is 0 Å². The van der Waals surface area contributed by atoms with Gasteiger partial charge < -0.3 is 5.32 Å². The minimum atomic E-state index is 0.906. The van der Waals surface area contributed by atoms with Gasteiger partial charge in [-0.25, -0.2) is 0 Å². The quantitative estimate of drug-likeness (QED) is 0.900. The van der Waals surface area contributed by atoms with Gasteiger partial charge in [0, 0.05) is 25.3 Å². The molecule has 0 atom stereocenters. The summed E-state index contributed by atoms with van der Waals surface area (Å²) in [6.07, 6.45) is 0. The van der Waals surface area contributed by atoms with Crippen LogP contribution in [0.25, 0.3) is 0 Å². The molecule has 21 heavy (non-hydrogen) atoms. The second-order valence-electron chi connectivity index (χ2n) is 6.09. The Morgan fingerprint density at radius 1 is 1.05 bits per heavy atom. The molecule has 1 heterocycles. The van der Waals surface area contributed by atoms with Gasteiger partial charge in [-0.2, -0.15) is 0 Å². The van der Waals surface area contributed by atoms with E-state index in [2.05, 4.69) is 67.4 Å². The molecule has 2 nitrogen and oxygen atoms in total. The minimum absolute atomic E-state index is 0.906. The Balaban J connectivity index is 1.76. The molecule has 0 amide bonds. The number of hydrogen-bond donors (Lipinski definition) is 1. The van der Waals surface area contributed by atoms with Crippen LogP contribution in [-0.4, -0.2) is 11.4 Å². The van der Waals surface area contributed by atoms with Crippen molar-refractivity contribution in [1.29, 1.82) is 0 Å². The third kappa shape index (κ3) is 3.11. The van der Waals surface area contributed by atoms with E-state index in [1.165, 1.54) is 33.5 Å². The summed E-state index contributed by atoms with van der Waals surface area (Å²) < 4.78 is 0. The highest BCUT2D eigenvalue weighted by Crippen LogP contribution is 2.26. The summed E-state index contributed by atoms with van der Waals surface area (Å²) in [6, 6.07) is 13.4. The van der Waals surface area contributed by atoms with Crippen molar-refractivity contribution in [3.63, 3.8) is 0 Å². The van der Waals surface area contributed by atoms with Gasteiger partial charge in [-0.05, 0) is 60.3 Å². The molecule has 110 valence electrons. The van der Waals surface area contributed by atoms with Crippen molar-refractivity contribution in [3.05, 3.63) is 64.2 Å². The number of aryl methyl sites for hydroxylation is 2. The predicted octanol–water partition coefficient (Wildman–Crippen LogP) is 4.25. The highest BCUT2D eigenvalue weighted by molar-refractivity contribution is 5.49. The standard InChI is InChI=1S/C19H24N2/c1-4-21-12-17-7-5-6-16(19(17)13-21)11-20-18-9-14(2)8-15(3)10-18/h5-10,20H,4,11-13H2,1-3H3. The van der Waals surface area contributed by atoms with Crippen LogP contribution in [0.5, 0.6) is 0 Å². The minimum Gasteiger partial charge on any atom is -0.381 e. The van der Waals surface area contributed by atoms with Crippen LogP contribution in [-0.2, 0) is 19.6 Å². The maximum absolute atomic E-state index is 3.59. The molecular weight excluding hydrogens is 256 g/mol. The van der Waals surface area contributed by atoms with Gasteiger partial charge >= 0.3 is 0 Å². The van der Waals surface area contributed by atoms with Gasteiger partial charge in [-0.1, -0.05) is 31.2 Å². The number of rotatable bonds is 4. The molecule has 1 aliphatic rings. The lowest BCUT2D eigenvalue weighted by molar-refractivity contribution is 0.300. The van der Waals surface area contributed by atoms with Crippen LogP contribution in [0.4, 0.5) is 5.69 Å². The van der Waals surface area contributed by atoms with E-state index in [0.29, 0.717) is 0 Å². The maximum Gasteiger partial charge on any atom is 0.0404 e. The van der Waals surface area contributed by atoms with Gasteiger partial charge in [-0.15, -0.1) is 0 Å². The lowest BCUT2D eigenvalue weighted by atomic mass is 10.0. The molecule has 2 aromatic carbocycles. The fraction of sp³-hybridized carbons (Fsp3) is 0.368. The van der Waals surface area contributed by atoms with Gasteiger partial charge in [0.15, 0.2) is 0 Å². The second kappa shape index (κ2) is 5.90. The van der Waals surface area contributed by atoms with Crippen LogP contribution in [0.15, 0.2) is 36.4 Å². The molecule has 0 fully saturated rings. The first-order chi connectivity index (χ1) is 10.2. The zero-order valence-electron chi connectivity index (χ0n) is 13.2. The number of fused-ring (bicyclic) bond motifs is 1. The third-order valence-corrected chi connectivity index (χ3v) is 4.30. The number of benzene rings is 2. The highest BCUT2D eigenvalue weighted by atomic mass is 15.1. The Labute approximate surface area is 127 Å². The summed E-state index contributed by atoms with van der Waals surface area (Å²) in [5.74, 6) is 0. The summed E-state index contributed by atoms with van der Waals surface area (Å²) in [5.41, 5.74) is 8.30. The maximum atomic E-state index is 3.59. The SMILES string of the molecule is CCN1Cc2cccc(CNc3cc(C)cc(C)c3)c2C1. The van der Waals surface area contributed by atoms with Gasteiger partial charge in [0.25, 0.3) is 0 Å². The van der Waals surface area contributed by atoms with E-state index in [1.807, 2.05) is 0 Å². The van der Waals surface area contributed by atoms with Crippen LogP contribution < -0.4 is 5.32 Å². The van der Waals surface area contributed by atoms with Gasteiger partial charge in [-0.3, -0.25) is 4.90 Å². The zero-order chi connectivity index (χ0) is 14.8. The summed E-state index contributed by atoms with van der Waals surface area (Å²) in [4.78, 5) is 2.49. The molecule has 1 N–H and O–H groups in total. The van der Waals surface area contributed by atoms with E-state index in [-0.39, 0.29) is 0 Å². The Morgan fingerprint density at radius 3 is 2.52 bits per heavy atom. The highest BCUT2D eigenvalue weighted by Gasteiger charge is 2.19. The Morgan fingerprint density at radius 2 is 1.81 bits per heavy atom. The average molecular weight is 280 g/mol. The number of nitrogens with one attached hydrogen (secondary N) is 1. The molecule has 0 unspecified atom stereocenters. The topological polar surface area (TPSA) is 15.3 Å². The van der Waals surface area contributed by atoms with Gasteiger partial charge in [0.05, 0.1) is 0 Å². The van der Waals surface area contributed by atoms with Crippen molar-refractivity contribution in [2.24, 2.45) is 0 Å². The molecule has 0 saturated carbocycles. The van der Waals surface area contributed by atoms with Gasteiger partial charge in [0.1, 0.15) is 0 Å². The van der Waals surface area contributed by atoms with Gasteiger partial charge in [0.2, 0.25) is 0 Å². The first-order valence-corrected chi connectivity index (χ1v) is 7.80. The summed E-state index contributed by atoms with van der Waals surface area (Å²) in [5, 5.41) is 3.59. The summed E-state index contributed by atoms with van der Waals surface area (Å²) in [7, 11) is 0. The Kier molecular flexibility index (Phi) is 3.98. The molecule has 0 aromatic heterocycles. The van der Waals surface area contributed by atoms with E-state index in [1.54, 1.807) is 0 Å². The molecule has 3 rings (SSSR count). The fourth-order valence-electron chi connectivity index (χ4n) is 3.22. The van der Waals surface area contributed by atoms with Crippen LogP contribution in [0.1, 0.15) is 34.7 Å². The predicted molar refractivity (Wildman–Crippen MR) is 89.5 cm³/mol. The van der Waals surface area contributed by atoms with Crippen molar-refractivity contribution < 1.29 is 0 Å². The van der Waals surface area contributed by atoms with Crippen molar-refractivity contribution in [1.82, 2.24) is 4.90 Å². The first kappa shape index (κ1) is 14.2. The molecule has 1 aliphatic heterocycles. The average Bonchev–Trinajstić information content (AvgIpc) is 2.87. The molecule has 0 radical (unpaired) electrons. The van der Waals surface area contributed by atoms with Crippen molar-refractivity contribution in [2.45, 2.75) is 40.4 Å². The van der Waals surface area contributed by atoms with Crippen LogP contribution in [0.3, 0.4) is 0 Å². The third-order valence-electron chi connectivity index (χ3n) is 4.30. The largest absolute Gasteiger partial charge is 0.381 e. The van der Waals surface area contributed by atoms with E-state index in [9.17, 15) is 0 Å². The van der Waals surface area contributed by atoms with E-state index < -0.39 is 0 Å². The monoisotopic (exact) mass is 280 g/mol.